The third-order valence-electron chi connectivity index (χ3n) is 2.58. The average molecular weight is 329 g/mol. The second-order valence-electron chi connectivity index (χ2n) is 5.91. The number of nitrogens with one attached hydrogen (secondary N) is 1. The molecule has 0 spiro atoms. The van der Waals surface area contributed by atoms with Crippen LogP contribution in [-0.4, -0.2) is 17.1 Å². The Hall–Kier alpha value is -1.07. The maximum atomic E-state index is 11.9. The number of nitrogens with two attached hydrogens (primary N) is 1. The Morgan fingerprint density at radius 3 is 2.68 bits per heavy atom. The Morgan fingerprint density at radius 2 is 2.11 bits per heavy atom. The third-order valence-corrected chi connectivity index (χ3v) is 3.22. The van der Waals surface area contributed by atoms with Gasteiger partial charge in [-0.05, 0) is 39.9 Å². The molecule has 106 valence electrons. The summed E-state index contributed by atoms with van der Waals surface area (Å²) in [5.74, 6) is -0.162. The molecule has 5 heteroatoms. The molecule has 1 atom stereocenters. The van der Waals surface area contributed by atoms with E-state index in [0.717, 1.165) is 6.42 Å². The number of aromatic hydroxyl groups is 1. The van der Waals surface area contributed by atoms with E-state index >= 15 is 0 Å². The summed E-state index contributed by atoms with van der Waals surface area (Å²) in [4.78, 5) is 11.9. The van der Waals surface area contributed by atoms with Crippen molar-refractivity contribution in [3.63, 3.8) is 0 Å². The number of phenolic OH excluding ortho intramolecular Hbond substituents is 1. The molecule has 0 saturated heterocycles. The van der Waals surface area contributed by atoms with Gasteiger partial charge in [0.1, 0.15) is 0 Å². The van der Waals surface area contributed by atoms with Gasteiger partial charge in [-0.25, -0.2) is 0 Å². The van der Waals surface area contributed by atoms with E-state index in [2.05, 4.69) is 42.0 Å². The molecule has 1 unspecified atom stereocenters. The number of benzene rings is 1. The van der Waals surface area contributed by atoms with Gasteiger partial charge in [-0.15, -0.1) is 0 Å². The van der Waals surface area contributed by atoms with E-state index in [9.17, 15) is 9.90 Å². The van der Waals surface area contributed by atoms with E-state index in [0.29, 0.717) is 10.2 Å². The van der Waals surface area contributed by atoms with Crippen molar-refractivity contribution in [2.24, 2.45) is 11.1 Å². The standard InChI is InChI=1S/C14H21BrN2O2/c1-14(2,3)8-9(16)7-12(18)17-11-6-4-5-10(15)13(11)19/h4-6,9,19H,7-8,16H2,1-3H3,(H,17,18). The van der Waals surface area contributed by atoms with Crippen LogP contribution in [0.3, 0.4) is 0 Å². The molecule has 0 saturated carbocycles. The Labute approximate surface area is 122 Å². The van der Waals surface area contributed by atoms with E-state index < -0.39 is 0 Å². The summed E-state index contributed by atoms with van der Waals surface area (Å²) < 4.78 is 0.546. The van der Waals surface area contributed by atoms with Gasteiger partial charge < -0.3 is 16.2 Å². The maximum Gasteiger partial charge on any atom is 0.226 e. The predicted molar refractivity (Wildman–Crippen MR) is 81.1 cm³/mol. The van der Waals surface area contributed by atoms with E-state index in [1.54, 1.807) is 18.2 Å². The molecule has 19 heavy (non-hydrogen) atoms. The largest absolute Gasteiger partial charge is 0.505 e. The Morgan fingerprint density at radius 1 is 1.47 bits per heavy atom. The van der Waals surface area contributed by atoms with Crippen LogP contribution >= 0.6 is 15.9 Å². The molecule has 0 radical (unpaired) electrons. The van der Waals surface area contributed by atoms with Crippen LogP contribution in [0.4, 0.5) is 5.69 Å². The zero-order valence-corrected chi connectivity index (χ0v) is 13.1. The second kappa shape index (κ2) is 6.39. The highest BCUT2D eigenvalue weighted by molar-refractivity contribution is 9.10. The van der Waals surface area contributed by atoms with Crippen molar-refractivity contribution in [3.8, 4) is 5.75 Å². The topological polar surface area (TPSA) is 75.4 Å². The van der Waals surface area contributed by atoms with Crippen molar-refractivity contribution in [2.75, 3.05) is 5.32 Å². The van der Waals surface area contributed by atoms with Crippen LogP contribution in [0.5, 0.6) is 5.75 Å². The molecular formula is C14H21BrN2O2. The number of anilines is 1. The molecule has 0 aliphatic heterocycles. The summed E-state index contributed by atoms with van der Waals surface area (Å²) in [6.45, 7) is 6.26. The van der Waals surface area contributed by atoms with E-state index in [4.69, 9.17) is 5.73 Å². The highest BCUT2D eigenvalue weighted by Gasteiger charge is 2.18. The monoisotopic (exact) mass is 328 g/mol. The highest BCUT2D eigenvalue weighted by atomic mass is 79.9. The minimum absolute atomic E-state index is 0.0280. The summed E-state index contributed by atoms with van der Waals surface area (Å²) in [5, 5.41) is 12.4. The molecule has 1 amide bonds. The van der Waals surface area contributed by atoms with Crippen LogP contribution < -0.4 is 11.1 Å². The van der Waals surface area contributed by atoms with Crippen molar-refractivity contribution >= 4 is 27.5 Å². The molecule has 1 rings (SSSR count). The SMILES string of the molecule is CC(C)(C)CC(N)CC(=O)Nc1cccc(Br)c1O. The minimum Gasteiger partial charge on any atom is -0.505 e. The lowest BCUT2D eigenvalue weighted by molar-refractivity contribution is -0.116. The Bertz CT molecular complexity index is 455. The zero-order chi connectivity index (χ0) is 14.6. The quantitative estimate of drug-likeness (QED) is 0.742. The average Bonchev–Trinajstić information content (AvgIpc) is 2.21. The lowest BCUT2D eigenvalue weighted by Crippen LogP contribution is -2.31. The van der Waals surface area contributed by atoms with Crippen LogP contribution in [0.25, 0.3) is 0 Å². The van der Waals surface area contributed by atoms with Gasteiger partial charge in [-0.2, -0.15) is 0 Å². The number of carbonyl (C=O) groups is 1. The number of hydrogen-bond donors (Lipinski definition) is 3. The number of hydrogen-bond acceptors (Lipinski definition) is 3. The molecule has 0 aromatic heterocycles. The number of carbonyl (C=O) groups excluding carboxylic acids is 1. The van der Waals surface area contributed by atoms with Crippen LogP contribution in [-0.2, 0) is 4.79 Å². The van der Waals surface area contributed by atoms with E-state index in [1.165, 1.54) is 0 Å². The first-order chi connectivity index (χ1) is 8.69. The first kappa shape index (κ1) is 16.0. The van der Waals surface area contributed by atoms with Gasteiger partial charge in [0, 0.05) is 12.5 Å². The lowest BCUT2D eigenvalue weighted by Gasteiger charge is -2.22. The second-order valence-corrected chi connectivity index (χ2v) is 6.77. The summed E-state index contributed by atoms with van der Waals surface area (Å²) in [7, 11) is 0. The summed E-state index contributed by atoms with van der Waals surface area (Å²) in [5.41, 5.74) is 6.44. The molecule has 0 bridgehead atoms. The van der Waals surface area contributed by atoms with Crippen LogP contribution in [0, 0.1) is 5.41 Å². The third kappa shape index (κ3) is 5.61. The van der Waals surface area contributed by atoms with E-state index in [-0.39, 0.29) is 29.5 Å². The van der Waals surface area contributed by atoms with Gasteiger partial charge in [-0.1, -0.05) is 26.8 Å². The van der Waals surface area contributed by atoms with Gasteiger partial charge in [0.25, 0.3) is 0 Å². The molecule has 0 heterocycles. The molecular weight excluding hydrogens is 308 g/mol. The lowest BCUT2D eigenvalue weighted by atomic mass is 9.87. The van der Waals surface area contributed by atoms with Crippen LogP contribution in [0.2, 0.25) is 0 Å². The molecule has 1 aromatic rings. The number of amides is 1. The van der Waals surface area contributed by atoms with Gasteiger partial charge in [0.2, 0.25) is 5.91 Å². The number of para-hydroxylation sites is 1. The molecule has 4 nitrogen and oxygen atoms in total. The smallest absolute Gasteiger partial charge is 0.226 e. The van der Waals surface area contributed by atoms with Gasteiger partial charge in [0.15, 0.2) is 5.75 Å². The fraction of sp³-hybridized carbons (Fsp3) is 0.500. The Kier molecular flexibility index (Phi) is 5.38. The van der Waals surface area contributed by atoms with Gasteiger partial charge in [0.05, 0.1) is 10.2 Å². The van der Waals surface area contributed by atoms with Crippen LogP contribution in [0.1, 0.15) is 33.6 Å². The summed E-state index contributed by atoms with van der Waals surface area (Å²) in [6.07, 6.45) is 1.01. The highest BCUT2D eigenvalue weighted by Crippen LogP contribution is 2.31. The van der Waals surface area contributed by atoms with Gasteiger partial charge in [-0.3, -0.25) is 4.79 Å². The fourth-order valence-corrected chi connectivity index (χ4v) is 2.28. The maximum absolute atomic E-state index is 11.9. The normalized spacial score (nSPS) is 13.1. The molecule has 1 aromatic carbocycles. The summed E-state index contributed by atoms with van der Waals surface area (Å²) >= 11 is 3.20. The van der Waals surface area contributed by atoms with Crippen molar-refractivity contribution in [1.82, 2.24) is 0 Å². The first-order valence-electron chi connectivity index (χ1n) is 6.22. The number of rotatable bonds is 4. The zero-order valence-electron chi connectivity index (χ0n) is 11.5. The van der Waals surface area contributed by atoms with Crippen molar-refractivity contribution in [2.45, 2.75) is 39.7 Å². The summed E-state index contributed by atoms with van der Waals surface area (Å²) in [6, 6.07) is 4.91. The Balaban J connectivity index is 2.58. The first-order valence-corrected chi connectivity index (χ1v) is 7.01. The van der Waals surface area contributed by atoms with Crippen molar-refractivity contribution < 1.29 is 9.90 Å². The number of halogens is 1. The van der Waals surface area contributed by atoms with E-state index in [1.807, 2.05) is 0 Å². The predicted octanol–water partition coefficient (Wildman–Crippen LogP) is 3.25. The molecule has 4 N–H and O–H groups in total. The van der Waals surface area contributed by atoms with Crippen molar-refractivity contribution in [1.29, 1.82) is 0 Å². The number of phenols is 1. The van der Waals surface area contributed by atoms with Crippen LogP contribution in [0.15, 0.2) is 22.7 Å². The molecule has 0 aliphatic rings. The minimum atomic E-state index is -0.190. The van der Waals surface area contributed by atoms with Crippen molar-refractivity contribution in [3.05, 3.63) is 22.7 Å². The molecule has 0 aliphatic carbocycles. The van der Waals surface area contributed by atoms with Gasteiger partial charge >= 0.3 is 0 Å². The molecule has 0 fully saturated rings. The fourth-order valence-electron chi connectivity index (χ4n) is 1.91.